The van der Waals surface area contributed by atoms with Crippen LogP contribution in [0.5, 0.6) is 0 Å². The summed E-state index contributed by atoms with van der Waals surface area (Å²) in [7, 11) is 0. The molecule has 64 valence electrons. The summed E-state index contributed by atoms with van der Waals surface area (Å²) in [6, 6.07) is 11.8. The topological polar surface area (TPSA) is 40.9 Å². The molecule has 0 radical (unpaired) electrons. The minimum absolute atomic E-state index is 0.0973. The third kappa shape index (κ3) is 1.05. The molecule has 0 N–H and O–H groups in total. The van der Waals surface area contributed by atoms with Crippen molar-refractivity contribution in [1.29, 1.82) is 5.26 Å². The molecule has 0 spiro atoms. The summed E-state index contributed by atoms with van der Waals surface area (Å²) < 4.78 is 0. The van der Waals surface area contributed by atoms with Crippen LogP contribution in [0.3, 0.4) is 0 Å². The number of benzene rings is 1. The van der Waals surface area contributed by atoms with Crippen LogP contribution >= 0.6 is 0 Å². The summed E-state index contributed by atoms with van der Waals surface area (Å²) in [5.41, 5.74) is 0.456. The van der Waals surface area contributed by atoms with Crippen molar-refractivity contribution >= 4 is 6.29 Å². The van der Waals surface area contributed by atoms with E-state index in [1.807, 2.05) is 30.3 Å². The highest BCUT2D eigenvalue weighted by Gasteiger charge is 2.56. The zero-order chi connectivity index (χ0) is 9.31. The lowest BCUT2D eigenvalue weighted by Gasteiger charge is -2.05. The third-order valence-corrected chi connectivity index (χ3v) is 2.67. The lowest BCUT2D eigenvalue weighted by atomic mass is 9.95. The number of aldehydes is 1. The van der Waals surface area contributed by atoms with E-state index in [4.69, 9.17) is 5.26 Å². The van der Waals surface area contributed by atoms with Gasteiger partial charge in [0.25, 0.3) is 0 Å². The first-order valence-electron chi connectivity index (χ1n) is 4.25. The number of nitriles is 1. The quantitative estimate of drug-likeness (QED) is 0.635. The van der Waals surface area contributed by atoms with Crippen molar-refractivity contribution < 1.29 is 4.79 Å². The lowest BCUT2D eigenvalue weighted by Crippen LogP contribution is -2.07. The van der Waals surface area contributed by atoms with Gasteiger partial charge in [-0.2, -0.15) is 5.26 Å². The smallest absolute Gasteiger partial charge is 0.125 e. The molecule has 1 aliphatic carbocycles. The second-order valence-corrected chi connectivity index (χ2v) is 3.40. The number of hydrogen-bond acceptors (Lipinski definition) is 2. The van der Waals surface area contributed by atoms with E-state index in [1.54, 1.807) is 0 Å². The highest BCUT2D eigenvalue weighted by Crippen LogP contribution is 2.52. The summed E-state index contributed by atoms with van der Waals surface area (Å²) in [6.45, 7) is 0. The third-order valence-electron chi connectivity index (χ3n) is 2.67. The van der Waals surface area contributed by atoms with Gasteiger partial charge in [-0.25, -0.2) is 0 Å². The largest absolute Gasteiger partial charge is 0.303 e. The molecule has 1 aromatic rings. The van der Waals surface area contributed by atoms with Gasteiger partial charge in [-0.05, 0) is 12.0 Å². The normalized spacial score (nSPS) is 30.5. The number of hydrogen-bond donors (Lipinski definition) is 0. The van der Waals surface area contributed by atoms with E-state index < -0.39 is 5.41 Å². The van der Waals surface area contributed by atoms with Crippen LogP contribution in [0.15, 0.2) is 30.3 Å². The highest BCUT2D eigenvalue weighted by atomic mass is 16.1. The molecule has 0 bridgehead atoms. The summed E-state index contributed by atoms with van der Waals surface area (Å²) in [6.07, 6.45) is 1.56. The van der Waals surface area contributed by atoms with Crippen LogP contribution in [0.2, 0.25) is 0 Å². The zero-order valence-electron chi connectivity index (χ0n) is 7.10. The van der Waals surface area contributed by atoms with Crippen LogP contribution in [0.1, 0.15) is 12.0 Å². The average molecular weight is 171 g/mol. The Balaban J connectivity index is 2.37. The van der Waals surface area contributed by atoms with Gasteiger partial charge in [0, 0.05) is 5.92 Å². The van der Waals surface area contributed by atoms with E-state index in [2.05, 4.69) is 6.07 Å². The second kappa shape index (κ2) is 2.70. The number of rotatable bonds is 2. The van der Waals surface area contributed by atoms with Gasteiger partial charge in [-0.3, -0.25) is 0 Å². The Kier molecular flexibility index (Phi) is 1.66. The number of carbonyl (C=O) groups is 1. The molecule has 0 aromatic heterocycles. The summed E-state index contributed by atoms with van der Waals surface area (Å²) >= 11 is 0. The van der Waals surface area contributed by atoms with Crippen LogP contribution in [-0.4, -0.2) is 6.29 Å². The Bertz CT molecular complexity index is 365. The fourth-order valence-electron chi connectivity index (χ4n) is 1.71. The molecule has 1 aromatic carbocycles. The minimum atomic E-state index is -0.511. The fourth-order valence-corrected chi connectivity index (χ4v) is 1.71. The van der Waals surface area contributed by atoms with Crippen LogP contribution in [0.4, 0.5) is 0 Å². The van der Waals surface area contributed by atoms with Crippen molar-refractivity contribution in [3.05, 3.63) is 35.9 Å². The molecule has 1 aliphatic rings. The van der Waals surface area contributed by atoms with Crippen LogP contribution in [0, 0.1) is 17.2 Å². The summed E-state index contributed by atoms with van der Waals surface area (Å²) in [4.78, 5) is 10.6. The van der Waals surface area contributed by atoms with Gasteiger partial charge in [0.05, 0.1) is 11.5 Å². The van der Waals surface area contributed by atoms with Gasteiger partial charge >= 0.3 is 0 Å². The summed E-state index contributed by atoms with van der Waals surface area (Å²) in [5.74, 6) is -0.0973. The van der Waals surface area contributed by atoms with Gasteiger partial charge in [-0.15, -0.1) is 0 Å². The Morgan fingerprint density at radius 2 is 2.15 bits per heavy atom. The molecule has 2 heteroatoms. The molecule has 0 unspecified atom stereocenters. The standard InChI is InChI=1S/C11H9NO/c12-8-11(6-10(11)7-13)9-4-2-1-3-5-9/h1-5,7,10H,6H2/t10-,11+/m1/s1. The minimum Gasteiger partial charge on any atom is -0.303 e. The number of carbonyl (C=O) groups excluding carboxylic acids is 1. The molecule has 1 fully saturated rings. The molecule has 0 aliphatic heterocycles. The molecule has 0 heterocycles. The van der Waals surface area contributed by atoms with Gasteiger partial charge in [-0.1, -0.05) is 30.3 Å². The fraction of sp³-hybridized carbons (Fsp3) is 0.273. The Hall–Kier alpha value is -1.62. The maximum absolute atomic E-state index is 10.6. The van der Waals surface area contributed by atoms with E-state index in [0.29, 0.717) is 6.42 Å². The van der Waals surface area contributed by atoms with Crippen molar-refractivity contribution in [2.24, 2.45) is 5.92 Å². The monoisotopic (exact) mass is 171 g/mol. The molecule has 1 saturated carbocycles. The Labute approximate surface area is 76.8 Å². The summed E-state index contributed by atoms with van der Waals surface area (Å²) in [5, 5.41) is 9.00. The first-order chi connectivity index (χ1) is 6.33. The molecule has 0 amide bonds. The maximum Gasteiger partial charge on any atom is 0.125 e. The van der Waals surface area contributed by atoms with Gasteiger partial charge in [0.1, 0.15) is 6.29 Å². The van der Waals surface area contributed by atoms with E-state index in [-0.39, 0.29) is 5.92 Å². The van der Waals surface area contributed by atoms with Gasteiger partial charge in [0.15, 0.2) is 0 Å². The predicted molar refractivity (Wildman–Crippen MR) is 47.9 cm³/mol. The zero-order valence-corrected chi connectivity index (χ0v) is 7.10. The lowest BCUT2D eigenvalue weighted by molar-refractivity contribution is -0.109. The SMILES string of the molecule is N#C[C@]1(c2ccccc2)C[C@@H]1C=O. The Morgan fingerprint density at radius 1 is 1.46 bits per heavy atom. The molecule has 2 rings (SSSR count). The molecule has 13 heavy (non-hydrogen) atoms. The number of nitrogens with zero attached hydrogens (tertiary/aromatic N) is 1. The van der Waals surface area contributed by atoms with E-state index in [0.717, 1.165) is 11.8 Å². The molecule has 2 nitrogen and oxygen atoms in total. The predicted octanol–water partition coefficient (Wildman–Crippen LogP) is 1.67. The first-order valence-corrected chi connectivity index (χ1v) is 4.25. The van der Waals surface area contributed by atoms with E-state index in [1.165, 1.54) is 0 Å². The molecule has 0 saturated heterocycles. The first kappa shape index (κ1) is 8.00. The van der Waals surface area contributed by atoms with Crippen LogP contribution < -0.4 is 0 Å². The van der Waals surface area contributed by atoms with Crippen molar-refractivity contribution in [2.45, 2.75) is 11.8 Å². The molecular formula is C11H9NO. The highest BCUT2D eigenvalue weighted by molar-refractivity contribution is 5.67. The van der Waals surface area contributed by atoms with Crippen molar-refractivity contribution in [3.63, 3.8) is 0 Å². The van der Waals surface area contributed by atoms with Gasteiger partial charge < -0.3 is 4.79 Å². The molecular weight excluding hydrogens is 162 g/mol. The van der Waals surface area contributed by atoms with E-state index >= 15 is 0 Å². The molecule has 2 atom stereocenters. The second-order valence-electron chi connectivity index (χ2n) is 3.40. The van der Waals surface area contributed by atoms with Crippen molar-refractivity contribution in [3.8, 4) is 6.07 Å². The van der Waals surface area contributed by atoms with E-state index in [9.17, 15) is 4.79 Å². The Morgan fingerprint density at radius 3 is 2.62 bits per heavy atom. The van der Waals surface area contributed by atoms with Crippen molar-refractivity contribution in [1.82, 2.24) is 0 Å². The van der Waals surface area contributed by atoms with Crippen LogP contribution in [0.25, 0.3) is 0 Å². The van der Waals surface area contributed by atoms with Crippen LogP contribution in [-0.2, 0) is 10.2 Å². The average Bonchev–Trinajstić information content (AvgIpc) is 2.94. The maximum atomic E-state index is 10.6. The van der Waals surface area contributed by atoms with Crippen molar-refractivity contribution in [2.75, 3.05) is 0 Å². The van der Waals surface area contributed by atoms with Gasteiger partial charge in [0.2, 0.25) is 0 Å².